The van der Waals surface area contributed by atoms with Crippen LogP contribution in [0.4, 0.5) is 0 Å². The van der Waals surface area contributed by atoms with Crippen LogP contribution in [0, 0.1) is 0 Å². The van der Waals surface area contributed by atoms with Gasteiger partial charge in [0.25, 0.3) is 0 Å². The van der Waals surface area contributed by atoms with Gasteiger partial charge in [-0.1, -0.05) is 20.3 Å². The second-order valence-corrected chi connectivity index (χ2v) is 5.71. The van der Waals surface area contributed by atoms with Crippen molar-refractivity contribution in [1.29, 1.82) is 0 Å². The molecule has 0 atom stereocenters. The summed E-state index contributed by atoms with van der Waals surface area (Å²) in [6.07, 6.45) is 7.02. The number of nitrogens with one attached hydrogen (secondary N) is 1. The van der Waals surface area contributed by atoms with Gasteiger partial charge in [-0.15, -0.1) is 0 Å². The topological polar surface area (TPSA) is 42.7 Å². The molecule has 0 aliphatic heterocycles. The van der Waals surface area contributed by atoms with E-state index in [0.717, 1.165) is 42.6 Å². The Bertz CT molecular complexity index is 533. The maximum atomic E-state index is 4.51. The molecule has 0 aromatic carbocycles. The summed E-state index contributed by atoms with van der Waals surface area (Å²) in [6, 6.07) is 3.98. The minimum absolute atomic E-state index is 0.874. The molecule has 5 heteroatoms. The number of nitrogens with zero attached hydrogens (tertiary/aromatic N) is 3. The van der Waals surface area contributed by atoms with Crippen molar-refractivity contribution in [3.05, 3.63) is 40.3 Å². The molecule has 0 spiro atoms. The van der Waals surface area contributed by atoms with Crippen LogP contribution in [0.15, 0.2) is 29.0 Å². The Hall–Kier alpha value is -1.20. The maximum absolute atomic E-state index is 4.51. The Morgan fingerprint density at radius 3 is 2.70 bits per heavy atom. The lowest BCUT2D eigenvalue weighted by molar-refractivity contribution is 0.665. The molecule has 2 rings (SSSR count). The molecule has 0 saturated heterocycles. The highest BCUT2D eigenvalue weighted by atomic mass is 79.9. The molecule has 108 valence electrons. The summed E-state index contributed by atoms with van der Waals surface area (Å²) in [6.45, 7) is 6.28. The molecule has 0 unspecified atom stereocenters. The van der Waals surface area contributed by atoms with Crippen LogP contribution < -0.4 is 5.32 Å². The van der Waals surface area contributed by atoms with Crippen LogP contribution in [0.5, 0.6) is 0 Å². The summed E-state index contributed by atoms with van der Waals surface area (Å²) in [4.78, 5) is 4.43. The Labute approximate surface area is 128 Å². The molecule has 1 N–H and O–H groups in total. The summed E-state index contributed by atoms with van der Waals surface area (Å²) < 4.78 is 2.94. The third-order valence-electron chi connectivity index (χ3n) is 3.11. The Balaban J connectivity index is 2.25. The van der Waals surface area contributed by atoms with Gasteiger partial charge < -0.3 is 5.32 Å². The molecule has 4 nitrogen and oxygen atoms in total. The van der Waals surface area contributed by atoms with Crippen LogP contribution in [-0.4, -0.2) is 21.3 Å². The summed E-state index contributed by atoms with van der Waals surface area (Å²) in [5, 5.41) is 7.96. The quantitative estimate of drug-likeness (QED) is 0.787. The summed E-state index contributed by atoms with van der Waals surface area (Å²) in [7, 11) is 0. The monoisotopic (exact) mass is 336 g/mol. The molecular weight excluding hydrogens is 316 g/mol. The van der Waals surface area contributed by atoms with Gasteiger partial charge in [-0.3, -0.25) is 0 Å². The number of rotatable bonds is 7. The standard InChI is InChI=1S/C15H21BrN4/c1-3-5-14-12(9-17-8-4-2)10-19-20(14)15-7-6-13(16)11-18-15/h6-7,10-11,17H,3-5,8-9H2,1-2H3. The van der Waals surface area contributed by atoms with Crippen LogP contribution in [0.2, 0.25) is 0 Å². The molecule has 0 bridgehead atoms. The van der Waals surface area contributed by atoms with E-state index in [4.69, 9.17) is 0 Å². The average Bonchev–Trinajstić information content (AvgIpc) is 2.84. The van der Waals surface area contributed by atoms with E-state index in [9.17, 15) is 0 Å². The van der Waals surface area contributed by atoms with Crippen molar-refractivity contribution in [2.24, 2.45) is 0 Å². The molecule has 2 aromatic heterocycles. The zero-order valence-corrected chi connectivity index (χ0v) is 13.7. The Morgan fingerprint density at radius 1 is 1.20 bits per heavy atom. The molecule has 2 aromatic rings. The fraction of sp³-hybridized carbons (Fsp3) is 0.467. The number of halogens is 1. The van der Waals surface area contributed by atoms with E-state index in [-0.39, 0.29) is 0 Å². The predicted octanol–water partition coefficient (Wildman–Crippen LogP) is 3.48. The van der Waals surface area contributed by atoms with E-state index in [1.165, 1.54) is 11.3 Å². The van der Waals surface area contributed by atoms with Crippen LogP contribution >= 0.6 is 15.9 Å². The van der Waals surface area contributed by atoms with E-state index in [1.54, 1.807) is 0 Å². The minimum atomic E-state index is 0.874. The van der Waals surface area contributed by atoms with E-state index in [1.807, 2.05) is 29.2 Å². The largest absolute Gasteiger partial charge is 0.313 e. The van der Waals surface area contributed by atoms with Crippen LogP contribution in [0.1, 0.15) is 37.9 Å². The van der Waals surface area contributed by atoms with Gasteiger partial charge in [-0.25, -0.2) is 9.67 Å². The predicted molar refractivity (Wildman–Crippen MR) is 85.1 cm³/mol. The van der Waals surface area contributed by atoms with Gasteiger partial charge in [-0.2, -0.15) is 5.10 Å². The number of hydrogen-bond acceptors (Lipinski definition) is 3. The van der Waals surface area contributed by atoms with Crippen LogP contribution in [-0.2, 0) is 13.0 Å². The minimum Gasteiger partial charge on any atom is -0.313 e. The second-order valence-electron chi connectivity index (χ2n) is 4.79. The van der Waals surface area contributed by atoms with Crippen LogP contribution in [0.25, 0.3) is 5.82 Å². The molecule has 2 heterocycles. The van der Waals surface area contributed by atoms with Gasteiger partial charge in [0, 0.05) is 22.8 Å². The number of hydrogen-bond donors (Lipinski definition) is 1. The molecule has 0 aliphatic rings. The lowest BCUT2D eigenvalue weighted by Crippen LogP contribution is -2.15. The highest BCUT2D eigenvalue weighted by Gasteiger charge is 2.12. The number of aromatic nitrogens is 3. The van der Waals surface area contributed by atoms with Gasteiger partial charge in [0.05, 0.1) is 11.9 Å². The molecule has 0 saturated carbocycles. The Kier molecular flexibility index (Phi) is 5.73. The smallest absolute Gasteiger partial charge is 0.153 e. The van der Waals surface area contributed by atoms with Crippen molar-refractivity contribution >= 4 is 15.9 Å². The summed E-state index contributed by atoms with van der Waals surface area (Å²) >= 11 is 3.41. The van der Waals surface area contributed by atoms with Gasteiger partial charge >= 0.3 is 0 Å². The zero-order valence-electron chi connectivity index (χ0n) is 12.1. The van der Waals surface area contributed by atoms with Gasteiger partial charge in [0.2, 0.25) is 0 Å². The lowest BCUT2D eigenvalue weighted by atomic mass is 10.1. The molecular formula is C15H21BrN4. The van der Waals surface area contributed by atoms with Crippen molar-refractivity contribution in [3.8, 4) is 5.82 Å². The maximum Gasteiger partial charge on any atom is 0.153 e. The molecule has 0 aliphatic carbocycles. The second kappa shape index (κ2) is 7.55. The average molecular weight is 337 g/mol. The molecule has 0 fully saturated rings. The first-order chi connectivity index (χ1) is 9.76. The van der Waals surface area contributed by atoms with E-state index >= 15 is 0 Å². The van der Waals surface area contributed by atoms with E-state index in [0.29, 0.717) is 0 Å². The fourth-order valence-corrected chi connectivity index (χ4v) is 2.38. The van der Waals surface area contributed by atoms with Gasteiger partial charge in [0.1, 0.15) is 0 Å². The highest BCUT2D eigenvalue weighted by molar-refractivity contribution is 9.10. The Morgan fingerprint density at radius 2 is 2.05 bits per heavy atom. The fourth-order valence-electron chi connectivity index (χ4n) is 2.15. The van der Waals surface area contributed by atoms with Crippen molar-refractivity contribution < 1.29 is 0 Å². The third kappa shape index (κ3) is 3.67. The summed E-state index contributed by atoms with van der Waals surface area (Å²) in [5.41, 5.74) is 2.52. The van der Waals surface area contributed by atoms with Crippen molar-refractivity contribution in [2.75, 3.05) is 6.54 Å². The lowest BCUT2D eigenvalue weighted by Gasteiger charge is -2.09. The third-order valence-corrected chi connectivity index (χ3v) is 3.58. The first-order valence-corrected chi connectivity index (χ1v) is 7.94. The van der Waals surface area contributed by atoms with Crippen LogP contribution in [0.3, 0.4) is 0 Å². The van der Waals surface area contributed by atoms with Gasteiger partial charge in [0.15, 0.2) is 5.82 Å². The highest BCUT2D eigenvalue weighted by Crippen LogP contribution is 2.17. The normalized spacial score (nSPS) is 10.9. The SMILES string of the molecule is CCCNCc1cnn(-c2ccc(Br)cn2)c1CCC. The first kappa shape index (κ1) is 15.2. The first-order valence-electron chi connectivity index (χ1n) is 7.14. The van der Waals surface area contributed by atoms with Crippen molar-refractivity contribution in [1.82, 2.24) is 20.1 Å². The van der Waals surface area contributed by atoms with E-state index < -0.39 is 0 Å². The van der Waals surface area contributed by atoms with Gasteiger partial charge in [-0.05, 0) is 47.4 Å². The molecule has 20 heavy (non-hydrogen) atoms. The zero-order chi connectivity index (χ0) is 14.4. The number of pyridine rings is 1. The van der Waals surface area contributed by atoms with E-state index in [2.05, 4.69) is 45.2 Å². The van der Waals surface area contributed by atoms with Crippen molar-refractivity contribution in [2.45, 2.75) is 39.7 Å². The molecule has 0 amide bonds. The molecule has 0 radical (unpaired) electrons. The van der Waals surface area contributed by atoms with Crippen molar-refractivity contribution in [3.63, 3.8) is 0 Å². The summed E-state index contributed by atoms with van der Waals surface area (Å²) in [5.74, 6) is 0.874.